The third kappa shape index (κ3) is 10.2. The average molecular weight is 609 g/mol. The quantitative estimate of drug-likeness (QED) is 0.0763. The second-order valence-corrected chi connectivity index (χ2v) is 10.7. The maximum atomic E-state index is 13.0. The second kappa shape index (κ2) is 17.9. The van der Waals surface area contributed by atoms with E-state index in [9.17, 15) is 34.6 Å². The van der Waals surface area contributed by atoms with Crippen molar-refractivity contribution in [2.45, 2.75) is 89.0 Å². The van der Waals surface area contributed by atoms with Crippen LogP contribution in [0.4, 0.5) is 0 Å². The molecule has 0 bridgehead atoms. The van der Waals surface area contributed by atoms with E-state index in [2.05, 4.69) is 20.1 Å². The summed E-state index contributed by atoms with van der Waals surface area (Å²) < 4.78 is 38.3. The SMILES string of the molecule is CCOC(=O)C(CC1OC(O)C(O)C1N=[N+]=[N-])P(=O)(OCC)OCC.CCOC(=O)C1=C[C@H](O)[C@H](N=[N+]=[N-])[C@H](O)C1. The fourth-order valence-corrected chi connectivity index (χ4v) is 6.00. The molecule has 2 rings (SSSR count). The van der Waals surface area contributed by atoms with Gasteiger partial charge in [0.15, 0.2) is 11.9 Å². The van der Waals surface area contributed by atoms with Crippen molar-refractivity contribution in [3.05, 3.63) is 32.5 Å². The summed E-state index contributed by atoms with van der Waals surface area (Å²) in [6.45, 7) is 6.77. The maximum absolute atomic E-state index is 13.0. The molecule has 1 aliphatic heterocycles. The van der Waals surface area contributed by atoms with Crippen molar-refractivity contribution in [2.75, 3.05) is 26.4 Å². The van der Waals surface area contributed by atoms with Gasteiger partial charge in [-0.15, -0.1) is 0 Å². The van der Waals surface area contributed by atoms with Gasteiger partial charge in [-0.05, 0) is 51.3 Å². The zero-order valence-corrected chi connectivity index (χ0v) is 24.0. The van der Waals surface area contributed by atoms with Crippen LogP contribution in [-0.2, 0) is 37.4 Å². The van der Waals surface area contributed by atoms with Crippen LogP contribution in [0, 0.1) is 0 Å². The Morgan fingerprint density at radius 2 is 1.56 bits per heavy atom. The molecule has 0 radical (unpaired) electrons. The lowest BCUT2D eigenvalue weighted by atomic mass is 9.91. The number of azide groups is 2. The minimum Gasteiger partial charge on any atom is -0.465 e. The van der Waals surface area contributed by atoms with E-state index in [1.807, 2.05) is 0 Å². The van der Waals surface area contributed by atoms with Gasteiger partial charge < -0.3 is 43.7 Å². The van der Waals surface area contributed by atoms with E-state index in [-0.39, 0.29) is 44.8 Å². The highest BCUT2D eigenvalue weighted by molar-refractivity contribution is 7.55. The summed E-state index contributed by atoms with van der Waals surface area (Å²) >= 11 is 0. The summed E-state index contributed by atoms with van der Waals surface area (Å²) in [5.74, 6) is -1.40. The number of aliphatic hydroxyl groups excluding tert-OH is 4. The van der Waals surface area contributed by atoms with Gasteiger partial charge in [0.2, 0.25) is 0 Å². The molecule has 0 aromatic heterocycles. The lowest BCUT2D eigenvalue weighted by Crippen LogP contribution is -2.39. The van der Waals surface area contributed by atoms with Crippen molar-refractivity contribution in [1.29, 1.82) is 0 Å². The van der Waals surface area contributed by atoms with E-state index in [1.165, 1.54) is 6.08 Å². The number of nitrogens with zero attached hydrogens (tertiary/aromatic N) is 6. The first-order valence-corrected chi connectivity index (χ1v) is 14.4. The number of aliphatic hydroxyl groups is 4. The number of esters is 2. The lowest BCUT2D eigenvalue weighted by Gasteiger charge is -2.27. The average Bonchev–Trinajstić information content (AvgIpc) is 3.18. The monoisotopic (exact) mass is 608 g/mol. The first-order valence-electron chi connectivity index (χ1n) is 12.8. The maximum Gasteiger partial charge on any atom is 0.344 e. The van der Waals surface area contributed by atoms with Crippen molar-refractivity contribution in [3.8, 4) is 0 Å². The van der Waals surface area contributed by atoms with Gasteiger partial charge >= 0.3 is 19.5 Å². The highest BCUT2D eigenvalue weighted by Gasteiger charge is 2.50. The normalized spacial score (nSPS) is 28.1. The smallest absolute Gasteiger partial charge is 0.344 e. The molecule has 0 spiro atoms. The Hall–Kier alpha value is -2.75. The highest BCUT2D eigenvalue weighted by Crippen LogP contribution is 2.55. The molecule has 1 heterocycles. The minimum absolute atomic E-state index is 0.0135. The molecule has 1 saturated heterocycles. The molecule has 18 nitrogen and oxygen atoms in total. The molecule has 19 heteroatoms. The van der Waals surface area contributed by atoms with Crippen LogP contribution < -0.4 is 0 Å². The zero-order chi connectivity index (χ0) is 31.2. The molecule has 8 atom stereocenters. The van der Waals surface area contributed by atoms with Crippen LogP contribution >= 0.6 is 7.60 Å². The Bertz CT molecular complexity index is 1040. The molecular weight excluding hydrogens is 571 g/mol. The van der Waals surface area contributed by atoms with E-state index in [1.54, 1.807) is 27.7 Å². The predicted octanol–water partition coefficient (Wildman–Crippen LogP) is 1.61. The predicted molar refractivity (Wildman–Crippen MR) is 140 cm³/mol. The first kappa shape index (κ1) is 36.3. The molecule has 2 aliphatic rings. The molecule has 1 aliphatic carbocycles. The van der Waals surface area contributed by atoms with Gasteiger partial charge in [0.25, 0.3) is 0 Å². The molecule has 0 aromatic rings. The summed E-state index contributed by atoms with van der Waals surface area (Å²) in [4.78, 5) is 28.8. The topological polar surface area (TPSA) is 276 Å². The van der Waals surface area contributed by atoms with E-state index in [4.69, 9.17) is 34.3 Å². The molecule has 1 fully saturated rings. The van der Waals surface area contributed by atoms with Crippen LogP contribution in [0.5, 0.6) is 0 Å². The van der Waals surface area contributed by atoms with Gasteiger partial charge in [0, 0.05) is 21.8 Å². The Labute approximate surface area is 236 Å². The van der Waals surface area contributed by atoms with Gasteiger partial charge in [0.1, 0.15) is 6.10 Å². The Morgan fingerprint density at radius 1 is 1.00 bits per heavy atom. The summed E-state index contributed by atoms with van der Waals surface area (Å²) in [6.07, 6.45) is -5.39. The van der Waals surface area contributed by atoms with E-state index < -0.39 is 68.0 Å². The Kier molecular flexibility index (Phi) is 15.9. The zero-order valence-electron chi connectivity index (χ0n) is 23.1. The summed E-state index contributed by atoms with van der Waals surface area (Å²) in [6, 6.07) is -2.11. The summed E-state index contributed by atoms with van der Waals surface area (Å²) in [5.41, 5.74) is 15.7. The third-order valence-corrected chi connectivity index (χ3v) is 8.23. The fourth-order valence-electron chi connectivity index (χ4n) is 4.04. The molecule has 0 aromatic carbocycles. The van der Waals surface area contributed by atoms with Crippen LogP contribution in [-0.4, -0.2) is 107 Å². The van der Waals surface area contributed by atoms with Gasteiger partial charge in [0.05, 0.1) is 56.8 Å². The van der Waals surface area contributed by atoms with Gasteiger partial charge in [-0.1, -0.05) is 10.2 Å². The number of hydrogen-bond donors (Lipinski definition) is 4. The van der Waals surface area contributed by atoms with Crippen LogP contribution in [0.1, 0.15) is 40.5 Å². The Balaban J connectivity index is 0.000000452. The van der Waals surface area contributed by atoms with Crippen molar-refractivity contribution in [2.24, 2.45) is 10.2 Å². The van der Waals surface area contributed by atoms with Crippen molar-refractivity contribution < 1.29 is 57.8 Å². The van der Waals surface area contributed by atoms with Crippen molar-refractivity contribution in [1.82, 2.24) is 0 Å². The molecule has 232 valence electrons. The molecular formula is C22H37N6O12P. The van der Waals surface area contributed by atoms with Gasteiger partial charge in [-0.3, -0.25) is 9.36 Å². The Morgan fingerprint density at radius 3 is 2.05 bits per heavy atom. The van der Waals surface area contributed by atoms with E-state index >= 15 is 0 Å². The molecule has 4 N–H and O–H groups in total. The molecule has 0 amide bonds. The van der Waals surface area contributed by atoms with Crippen molar-refractivity contribution in [3.63, 3.8) is 0 Å². The largest absolute Gasteiger partial charge is 0.465 e. The van der Waals surface area contributed by atoms with Gasteiger partial charge in [-0.2, -0.15) is 0 Å². The standard InChI is InChI=1S/C13H24N3O8P.C9H13N3O4/c1-4-21-12(18)9(25(20,22-5-2)23-6-3)7-8-10(15-16-14)11(17)13(19)24-8;1-2-16-9(15)5-3-6(13)8(11-12-10)7(14)4-5/h8-11,13,17,19H,4-7H2,1-3H3;3,6-8,13-14H,2,4H2,1H3/t;6-,7+,8-/m.0/s1. The van der Waals surface area contributed by atoms with Crippen LogP contribution in [0.3, 0.4) is 0 Å². The lowest BCUT2D eigenvalue weighted by molar-refractivity contribution is -0.146. The van der Waals surface area contributed by atoms with Crippen LogP contribution in [0.25, 0.3) is 20.9 Å². The first-order chi connectivity index (χ1) is 19.4. The minimum atomic E-state index is -3.91. The van der Waals surface area contributed by atoms with E-state index in [0.29, 0.717) is 0 Å². The number of rotatable bonds is 13. The number of hydrogen-bond acceptors (Lipinski definition) is 14. The molecule has 0 saturated carbocycles. The number of carbonyl (C=O) groups excluding carboxylic acids is 2. The highest BCUT2D eigenvalue weighted by atomic mass is 31.2. The summed E-state index contributed by atoms with van der Waals surface area (Å²) in [7, 11) is -3.91. The fraction of sp³-hybridized carbons (Fsp3) is 0.818. The summed E-state index contributed by atoms with van der Waals surface area (Å²) in [5, 5.41) is 45.3. The third-order valence-electron chi connectivity index (χ3n) is 5.80. The van der Waals surface area contributed by atoms with Crippen molar-refractivity contribution >= 4 is 19.5 Å². The van der Waals surface area contributed by atoms with Gasteiger partial charge in [-0.25, -0.2) is 4.79 Å². The second-order valence-electron chi connectivity index (χ2n) is 8.50. The van der Waals surface area contributed by atoms with Crippen LogP contribution in [0.2, 0.25) is 0 Å². The molecule has 41 heavy (non-hydrogen) atoms. The molecule has 5 unspecified atom stereocenters. The van der Waals surface area contributed by atoms with E-state index in [0.717, 1.165) is 0 Å². The number of carbonyl (C=O) groups is 2. The van der Waals surface area contributed by atoms with Crippen LogP contribution in [0.15, 0.2) is 21.9 Å². The number of ether oxygens (including phenoxy) is 3.